The topological polar surface area (TPSA) is 157 Å². The van der Waals surface area contributed by atoms with E-state index in [1.807, 2.05) is 47.5 Å². The Labute approximate surface area is 335 Å². The van der Waals surface area contributed by atoms with Gasteiger partial charge in [0.05, 0.1) is 11.2 Å². The summed E-state index contributed by atoms with van der Waals surface area (Å²) in [5.74, 6) is 0.0951. The van der Waals surface area contributed by atoms with E-state index in [9.17, 15) is 14.4 Å². The number of rotatable bonds is 8. The normalized spacial score (nSPS) is 18.9. The van der Waals surface area contributed by atoms with Gasteiger partial charge in [-0.3, -0.25) is 24.6 Å². The number of imide groups is 1. The number of piperidine rings is 2. The van der Waals surface area contributed by atoms with E-state index in [-0.39, 0.29) is 30.0 Å². The number of carbonyl (C=O) groups excluding carboxylic acids is 3. The van der Waals surface area contributed by atoms with Crippen LogP contribution in [0.1, 0.15) is 41.6 Å². The summed E-state index contributed by atoms with van der Waals surface area (Å²) in [5.41, 5.74) is 7.29. The van der Waals surface area contributed by atoms with Gasteiger partial charge in [-0.15, -0.1) is 0 Å². The lowest BCUT2D eigenvalue weighted by Crippen LogP contribution is -2.54. The molecule has 9 rings (SSSR count). The number of likely N-dealkylation sites (tertiary alicyclic amines) is 1. The molecule has 2 aromatic heterocycles. The smallest absolute Gasteiger partial charge is 0.253 e. The number of anilines is 5. The second kappa shape index (κ2) is 15.9. The number of carbonyl (C=O) groups is 3. The second-order valence-electron chi connectivity index (χ2n) is 15.3. The molecule has 298 valence electrons. The number of fused-ring (bicyclic) bond motifs is 2. The molecule has 0 radical (unpaired) electrons. The van der Waals surface area contributed by atoms with Crippen LogP contribution in [-0.2, 0) is 9.59 Å². The fourth-order valence-corrected chi connectivity index (χ4v) is 8.42. The van der Waals surface area contributed by atoms with Crippen molar-refractivity contribution in [1.82, 2.24) is 30.1 Å². The first-order chi connectivity index (χ1) is 28.3. The third kappa shape index (κ3) is 7.69. The maximum absolute atomic E-state index is 15.2. The average molecular weight is 785 g/mol. The van der Waals surface area contributed by atoms with Crippen LogP contribution in [0.2, 0.25) is 0 Å². The van der Waals surface area contributed by atoms with Gasteiger partial charge in [-0.1, -0.05) is 12.1 Å². The largest absolute Gasteiger partial charge is 0.474 e. The molecule has 0 spiro atoms. The summed E-state index contributed by atoms with van der Waals surface area (Å²) in [6.45, 7) is 7.78. The van der Waals surface area contributed by atoms with E-state index in [4.69, 9.17) is 9.72 Å². The molecule has 3 saturated heterocycles. The van der Waals surface area contributed by atoms with Crippen molar-refractivity contribution in [2.24, 2.45) is 0 Å². The first-order valence-corrected chi connectivity index (χ1v) is 19.9. The van der Waals surface area contributed by atoms with E-state index in [0.29, 0.717) is 74.0 Å². The lowest BCUT2D eigenvalue weighted by atomic mass is 10.00. The minimum Gasteiger partial charge on any atom is -0.474 e. The van der Waals surface area contributed by atoms with Crippen molar-refractivity contribution in [2.75, 3.05) is 73.3 Å². The summed E-state index contributed by atoms with van der Waals surface area (Å²) in [6.07, 6.45) is 6.05. The van der Waals surface area contributed by atoms with Gasteiger partial charge in [0.1, 0.15) is 24.2 Å². The Hall–Kier alpha value is -6.35. The number of piperazine rings is 1. The highest BCUT2D eigenvalue weighted by molar-refractivity contribution is 6.01. The van der Waals surface area contributed by atoms with Gasteiger partial charge >= 0.3 is 0 Å². The molecule has 6 heterocycles. The first-order valence-electron chi connectivity index (χ1n) is 19.9. The van der Waals surface area contributed by atoms with E-state index < -0.39 is 6.04 Å². The lowest BCUT2D eigenvalue weighted by molar-refractivity contribution is -0.133. The summed E-state index contributed by atoms with van der Waals surface area (Å²) in [7, 11) is 0. The fourth-order valence-electron chi connectivity index (χ4n) is 8.42. The van der Waals surface area contributed by atoms with E-state index >= 15 is 4.39 Å². The number of ether oxygens (including phenoxy) is 1. The van der Waals surface area contributed by atoms with Crippen molar-refractivity contribution < 1.29 is 23.5 Å². The molecule has 15 heteroatoms. The van der Waals surface area contributed by atoms with Gasteiger partial charge in [-0.25, -0.2) is 19.3 Å². The molecule has 4 N–H and O–H groups in total. The molecule has 1 unspecified atom stereocenters. The van der Waals surface area contributed by atoms with Crippen molar-refractivity contribution in [3.05, 3.63) is 90.0 Å². The first kappa shape index (κ1) is 37.2. The number of aromatic nitrogens is 3. The Morgan fingerprint density at radius 3 is 2.47 bits per heavy atom. The minimum absolute atomic E-state index is 0.0176. The summed E-state index contributed by atoms with van der Waals surface area (Å²) < 4.78 is 20.9. The van der Waals surface area contributed by atoms with Crippen molar-refractivity contribution >= 4 is 57.3 Å². The van der Waals surface area contributed by atoms with Crippen LogP contribution in [0.15, 0.2) is 73.1 Å². The molecule has 0 saturated carbocycles. The van der Waals surface area contributed by atoms with Crippen molar-refractivity contribution in [2.45, 2.75) is 44.7 Å². The van der Waals surface area contributed by atoms with Crippen molar-refractivity contribution in [1.29, 1.82) is 0 Å². The molecular weight excluding hydrogens is 740 g/mol. The molecule has 3 aromatic carbocycles. The molecule has 14 nitrogen and oxygen atoms in total. The highest BCUT2D eigenvalue weighted by Gasteiger charge is 2.31. The van der Waals surface area contributed by atoms with Gasteiger partial charge in [0.2, 0.25) is 23.6 Å². The van der Waals surface area contributed by atoms with E-state index in [0.717, 1.165) is 71.4 Å². The molecule has 5 aromatic rings. The maximum atomic E-state index is 15.2. The molecule has 4 aliphatic rings. The van der Waals surface area contributed by atoms with Crippen LogP contribution in [0.3, 0.4) is 0 Å². The van der Waals surface area contributed by atoms with Gasteiger partial charge in [0.15, 0.2) is 0 Å². The summed E-state index contributed by atoms with van der Waals surface area (Å²) in [5, 5.41) is 13.0. The van der Waals surface area contributed by atoms with Gasteiger partial charge in [-0.05, 0) is 85.8 Å². The van der Waals surface area contributed by atoms with Gasteiger partial charge in [-0.2, -0.15) is 0 Å². The van der Waals surface area contributed by atoms with Crippen LogP contribution >= 0.6 is 0 Å². The third-order valence-corrected chi connectivity index (χ3v) is 11.7. The highest BCUT2D eigenvalue weighted by Crippen LogP contribution is 2.36. The van der Waals surface area contributed by atoms with E-state index in [2.05, 4.69) is 54.0 Å². The zero-order chi connectivity index (χ0) is 39.8. The monoisotopic (exact) mass is 784 g/mol. The van der Waals surface area contributed by atoms with E-state index in [1.54, 1.807) is 18.3 Å². The molecule has 58 heavy (non-hydrogen) atoms. The molecule has 0 bridgehead atoms. The van der Waals surface area contributed by atoms with Crippen LogP contribution in [0, 0.1) is 12.7 Å². The zero-order valence-corrected chi connectivity index (χ0v) is 32.3. The molecule has 1 atom stereocenters. The fraction of sp³-hybridized carbons (Fsp3) is 0.349. The molecule has 3 amide bonds. The average Bonchev–Trinajstić information content (AvgIpc) is 3.25. The van der Waals surface area contributed by atoms with Crippen LogP contribution in [0.5, 0.6) is 5.88 Å². The third-order valence-electron chi connectivity index (χ3n) is 11.7. The lowest BCUT2D eigenvalue weighted by Gasteiger charge is -2.43. The number of nitrogens with zero attached hydrogens (tertiary/aromatic N) is 6. The SMILES string of the molecule is Cc1c(-c2ccc3cnc(Nc4ccc(C(=O)N5CCC(N6CCN(c7ccc(NC8CCC(=O)NC8=O)cc7F)CC6)CC5)cc4)nc3c2)cnc2c1NCCO2. The number of hydrogen-bond donors (Lipinski definition) is 4. The zero-order valence-electron chi connectivity index (χ0n) is 32.3. The summed E-state index contributed by atoms with van der Waals surface area (Å²) in [4.78, 5) is 57.4. The number of benzene rings is 3. The Kier molecular flexibility index (Phi) is 10.2. The van der Waals surface area contributed by atoms with Crippen molar-refractivity contribution in [3.8, 4) is 17.0 Å². The predicted octanol–water partition coefficient (Wildman–Crippen LogP) is 5.33. The van der Waals surface area contributed by atoms with Crippen molar-refractivity contribution in [3.63, 3.8) is 0 Å². The Bertz CT molecular complexity index is 2380. The molecule has 4 aliphatic heterocycles. The molecule has 0 aliphatic carbocycles. The summed E-state index contributed by atoms with van der Waals surface area (Å²) in [6, 6.07) is 18.3. The van der Waals surface area contributed by atoms with Crippen LogP contribution in [0.4, 0.5) is 33.1 Å². The minimum atomic E-state index is -0.562. The number of nitrogens with one attached hydrogen (secondary N) is 4. The number of amides is 3. The molecule has 3 fully saturated rings. The standard InChI is InChI=1S/C43H45FN10O4/c1-26-33(25-46-41-39(26)45-14-21-58-41)28-2-3-29-24-47-43(50-36(29)22-28)49-30-6-4-27(5-7-30)42(57)54-15-12-32(13-16-54)52-17-19-53(20-18-52)37-10-8-31(23-34(37)44)48-35-9-11-38(55)51-40(35)56/h2-8,10,22-25,32,35,45,48H,9,11-21H2,1H3,(H,47,49,50)(H,51,55,56). The Morgan fingerprint density at radius 1 is 0.897 bits per heavy atom. The molecular formula is C43H45FN10O4. The Morgan fingerprint density at radius 2 is 1.69 bits per heavy atom. The van der Waals surface area contributed by atoms with Crippen LogP contribution in [0.25, 0.3) is 22.0 Å². The maximum Gasteiger partial charge on any atom is 0.253 e. The quantitative estimate of drug-likeness (QED) is 0.150. The highest BCUT2D eigenvalue weighted by atomic mass is 19.1. The number of pyridine rings is 1. The second-order valence-corrected chi connectivity index (χ2v) is 15.3. The van der Waals surface area contributed by atoms with Gasteiger partial charge < -0.3 is 30.5 Å². The van der Waals surface area contributed by atoms with Crippen LogP contribution in [-0.4, -0.2) is 107 Å². The van der Waals surface area contributed by atoms with Crippen LogP contribution < -0.4 is 30.9 Å². The summed E-state index contributed by atoms with van der Waals surface area (Å²) >= 11 is 0. The number of hydrogen-bond acceptors (Lipinski definition) is 12. The van der Waals surface area contributed by atoms with Gasteiger partial charge in [0, 0.05) is 98.6 Å². The van der Waals surface area contributed by atoms with E-state index in [1.165, 1.54) is 6.07 Å². The predicted molar refractivity (Wildman–Crippen MR) is 220 cm³/mol. The number of halogens is 1. The Balaban J connectivity index is 0.760. The van der Waals surface area contributed by atoms with Gasteiger partial charge in [0.25, 0.3) is 5.91 Å².